The number of ether oxygens (including phenoxy) is 3. The second kappa shape index (κ2) is 7.53. The van der Waals surface area contributed by atoms with E-state index in [0.717, 1.165) is 19.4 Å². The van der Waals surface area contributed by atoms with Crippen LogP contribution in [0.15, 0.2) is 18.2 Å². The average Bonchev–Trinajstić information content (AvgIpc) is 2.38. The number of rotatable bonds is 7. The van der Waals surface area contributed by atoms with E-state index in [9.17, 15) is 0 Å². The van der Waals surface area contributed by atoms with Crippen LogP contribution in [0.25, 0.3) is 0 Å². The Hall–Kier alpha value is -1.73. The maximum absolute atomic E-state index is 8.85. The number of nitrogens with zero attached hydrogens (tertiary/aromatic N) is 1. The molecule has 92 valence electrons. The maximum Gasteiger partial charge on any atom is 0.124 e. The van der Waals surface area contributed by atoms with Gasteiger partial charge in [0.05, 0.1) is 25.3 Å². The van der Waals surface area contributed by atoms with E-state index in [-0.39, 0.29) is 0 Å². The van der Waals surface area contributed by atoms with Gasteiger partial charge in [0.1, 0.15) is 11.5 Å². The molecule has 0 saturated heterocycles. The van der Waals surface area contributed by atoms with E-state index < -0.39 is 0 Å². The van der Waals surface area contributed by atoms with Gasteiger partial charge in [-0.05, 0) is 25.0 Å². The topological polar surface area (TPSA) is 51.5 Å². The molecule has 1 aromatic carbocycles. The van der Waals surface area contributed by atoms with E-state index in [1.165, 1.54) is 0 Å². The predicted octanol–water partition coefficient (Wildman–Crippen LogP) is 2.37. The quantitative estimate of drug-likeness (QED) is 0.681. The highest BCUT2D eigenvalue weighted by Crippen LogP contribution is 2.22. The van der Waals surface area contributed by atoms with E-state index in [4.69, 9.17) is 19.5 Å². The highest BCUT2D eigenvalue weighted by molar-refractivity contribution is 5.43. The van der Waals surface area contributed by atoms with Crippen molar-refractivity contribution in [2.24, 2.45) is 0 Å². The second-order valence-corrected chi connectivity index (χ2v) is 3.56. The number of benzene rings is 1. The Kier molecular flexibility index (Phi) is 5.91. The Labute approximate surface area is 102 Å². The Morgan fingerprint density at radius 1 is 1.06 bits per heavy atom. The molecule has 0 aromatic heterocycles. The lowest BCUT2D eigenvalue weighted by atomic mass is 10.2. The molecule has 0 unspecified atom stereocenters. The third kappa shape index (κ3) is 4.75. The summed E-state index contributed by atoms with van der Waals surface area (Å²) in [4.78, 5) is 0. The number of hydrogen-bond acceptors (Lipinski definition) is 4. The van der Waals surface area contributed by atoms with Crippen LogP contribution in [0.5, 0.6) is 11.5 Å². The predicted molar refractivity (Wildman–Crippen MR) is 64.3 cm³/mol. The molecule has 4 heteroatoms. The fraction of sp³-hybridized carbons (Fsp3) is 0.462. The molecule has 1 rings (SSSR count). The van der Waals surface area contributed by atoms with Gasteiger partial charge in [0.25, 0.3) is 0 Å². The normalized spacial score (nSPS) is 9.71. The Morgan fingerprint density at radius 2 is 1.76 bits per heavy atom. The number of methoxy groups -OCH3 is 2. The minimum absolute atomic E-state index is 0.538. The van der Waals surface area contributed by atoms with Crippen molar-refractivity contribution < 1.29 is 14.2 Å². The number of unbranched alkanes of at least 4 members (excludes halogenated alkanes) is 1. The van der Waals surface area contributed by atoms with Crippen molar-refractivity contribution in [2.75, 3.05) is 27.4 Å². The van der Waals surface area contributed by atoms with Gasteiger partial charge in [0.15, 0.2) is 0 Å². The molecule has 0 heterocycles. The molecular formula is C13H17NO3. The van der Waals surface area contributed by atoms with Crippen molar-refractivity contribution in [3.05, 3.63) is 23.8 Å². The lowest BCUT2D eigenvalue weighted by Crippen LogP contribution is -2.00. The Morgan fingerprint density at radius 3 is 2.41 bits per heavy atom. The minimum atomic E-state index is 0.538. The molecule has 0 aliphatic rings. The molecule has 0 atom stereocenters. The fourth-order valence-electron chi connectivity index (χ4n) is 1.38. The highest BCUT2D eigenvalue weighted by Gasteiger charge is 2.01. The molecule has 0 radical (unpaired) electrons. The summed E-state index contributed by atoms with van der Waals surface area (Å²) < 4.78 is 15.6. The minimum Gasteiger partial charge on any atom is -0.497 e. The van der Waals surface area contributed by atoms with Gasteiger partial charge in [-0.2, -0.15) is 5.26 Å². The lowest BCUT2D eigenvalue weighted by molar-refractivity contribution is 0.184. The van der Waals surface area contributed by atoms with Crippen LogP contribution in [0.4, 0.5) is 0 Å². The van der Waals surface area contributed by atoms with Gasteiger partial charge in [0.2, 0.25) is 0 Å². The molecule has 0 saturated carbocycles. The van der Waals surface area contributed by atoms with Crippen LogP contribution >= 0.6 is 0 Å². The van der Waals surface area contributed by atoms with Crippen molar-refractivity contribution in [1.82, 2.24) is 0 Å². The molecule has 0 amide bonds. The van der Waals surface area contributed by atoms with Crippen molar-refractivity contribution >= 4 is 0 Å². The first kappa shape index (κ1) is 13.3. The largest absolute Gasteiger partial charge is 0.497 e. The van der Waals surface area contributed by atoms with E-state index in [0.29, 0.717) is 23.7 Å². The Balaban J connectivity index is 2.50. The summed E-state index contributed by atoms with van der Waals surface area (Å²) in [6.45, 7) is 1.35. The van der Waals surface area contributed by atoms with Crippen molar-refractivity contribution in [3.63, 3.8) is 0 Å². The summed E-state index contributed by atoms with van der Waals surface area (Å²) >= 11 is 0. The average molecular weight is 235 g/mol. The van der Waals surface area contributed by atoms with Gasteiger partial charge in [0, 0.05) is 19.8 Å². The van der Waals surface area contributed by atoms with E-state index in [2.05, 4.69) is 6.07 Å². The van der Waals surface area contributed by atoms with Crippen molar-refractivity contribution in [3.8, 4) is 17.6 Å². The smallest absolute Gasteiger partial charge is 0.124 e. The number of hydrogen-bond donors (Lipinski definition) is 0. The summed E-state index contributed by atoms with van der Waals surface area (Å²) in [6, 6.07) is 7.23. The molecule has 1 aromatic rings. The van der Waals surface area contributed by atoms with E-state index >= 15 is 0 Å². The molecule has 0 aliphatic heterocycles. The first-order valence-corrected chi connectivity index (χ1v) is 5.51. The highest BCUT2D eigenvalue weighted by atomic mass is 16.5. The van der Waals surface area contributed by atoms with Crippen molar-refractivity contribution in [2.45, 2.75) is 12.8 Å². The zero-order chi connectivity index (χ0) is 12.5. The van der Waals surface area contributed by atoms with Crippen LogP contribution in [0.1, 0.15) is 18.4 Å². The first-order chi connectivity index (χ1) is 8.30. The van der Waals surface area contributed by atoms with Crippen LogP contribution in [-0.2, 0) is 4.74 Å². The zero-order valence-corrected chi connectivity index (χ0v) is 10.2. The van der Waals surface area contributed by atoms with E-state index in [1.54, 1.807) is 32.4 Å². The Bertz CT molecular complexity index is 385. The number of nitriles is 1. The van der Waals surface area contributed by atoms with Gasteiger partial charge in [-0.25, -0.2) is 0 Å². The van der Waals surface area contributed by atoms with Gasteiger partial charge < -0.3 is 14.2 Å². The molecule has 0 spiro atoms. The standard InChI is InChI=1S/C13H17NO3/c1-15-5-3-4-6-17-13-8-11(10-14)7-12(9-13)16-2/h7-9H,3-6H2,1-2H3. The summed E-state index contributed by atoms with van der Waals surface area (Å²) in [7, 11) is 3.25. The summed E-state index contributed by atoms with van der Waals surface area (Å²) in [5, 5.41) is 8.85. The third-order valence-electron chi connectivity index (χ3n) is 2.26. The van der Waals surface area contributed by atoms with Crippen LogP contribution in [-0.4, -0.2) is 27.4 Å². The van der Waals surface area contributed by atoms with Crippen molar-refractivity contribution in [1.29, 1.82) is 5.26 Å². The fourth-order valence-corrected chi connectivity index (χ4v) is 1.38. The molecule has 0 N–H and O–H groups in total. The van der Waals surface area contributed by atoms with Crippen LogP contribution in [0, 0.1) is 11.3 Å². The van der Waals surface area contributed by atoms with E-state index in [1.807, 2.05) is 0 Å². The first-order valence-electron chi connectivity index (χ1n) is 5.51. The zero-order valence-electron chi connectivity index (χ0n) is 10.2. The van der Waals surface area contributed by atoms with Crippen LogP contribution in [0.3, 0.4) is 0 Å². The molecule has 0 aliphatic carbocycles. The van der Waals surface area contributed by atoms with Gasteiger partial charge in [-0.15, -0.1) is 0 Å². The summed E-state index contributed by atoms with van der Waals surface area (Å²) in [6.07, 6.45) is 1.89. The maximum atomic E-state index is 8.85. The molecule has 0 bridgehead atoms. The third-order valence-corrected chi connectivity index (χ3v) is 2.26. The molecule has 17 heavy (non-hydrogen) atoms. The second-order valence-electron chi connectivity index (χ2n) is 3.56. The molecular weight excluding hydrogens is 218 g/mol. The van der Waals surface area contributed by atoms with Gasteiger partial charge in [-0.1, -0.05) is 0 Å². The summed E-state index contributed by atoms with van der Waals surface area (Å²) in [5.41, 5.74) is 0.538. The van der Waals surface area contributed by atoms with Crippen LogP contribution in [0.2, 0.25) is 0 Å². The van der Waals surface area contributed by atoms with Crippen LogP contribution < -0.4 is 9.47 Å². The van der Waals surface area contributed by atoms with Gasteiger partial charge >= 0.3 is 0 Å². The molecule has 0 fully saturated rings. The lowest BCUT2D eigenvalue weighted by Gasteiger charge is -2.08. The van der Waals surface area contributed by atoms with Gasteiger partial charge in [-0.3, -0.25) is 0 Å². The summed E-state index contributed by atoms with van der Waals surface area (Å²) in [5.74, 6) is 1.30. The monoisotopic (exact) mass is 235 g/mol. The molecule has 4 nitrogen and oxygen atoms in total. The SMILES string of the molecule is COCCCCOc1cc(C#N)cc(OC)c1.